The number of nitrogens with one attached hydrogen (secondary N) is 1. The van der Waals surface area contributed by atoms with Gasteiger partial charge in [-0.3, -0.25) is 13.9 Å². The largest absolute Gasteiger partial charge is 0.352 e. The molecule has 0 bridgehead atoms. The highest BCUT2D eigenvalue weighted by atomic mass is 32.2. The topological polar surface area (TPSA) is 86.8 Å². The minimum atomic E-state index is -4.15. The van der Waals surface area contributed by atoms with Crippen LogP contribution >= 0.6 is 0 Å². The summed E-state index contributed by atoms with van der Waals surface area (Å²) in [5.41, 5.74) is 5.87. The minimum Gasteiger partial charge on any atom is -0.352 e. The number of carbonyl (C=O) groups excluding carboxylic acids is 2. The molecule has 1 atom stereocenters. The quantitative estimate of drug-likeness (QED) is 0.182. The molecule has 0 spiro atoms. The first-order valence-corrected chi connectivity index (χ1v) is 17.8. The van der Waals surface area contributed by atoms with Gasteiger partial charge in [-0.25, -0.2) is 8.42 Å². The molecule has 5 rings (SSSR count). The molecule has 1 fully saturated rings. The van der Waals surface area contributed by atoms with Crippen LogP contribution in [-0.2, 0) is 32.6 Å². The summed E-state index contributed by atoms with van der Waals surface area (Å²) in [6.45, 7) is 7.37. The van der Waals surface area contributed by atoms with Gasteiger partial charge in [0.1, 0.15) is 12.6 Å². The summed E-state index contributed by atoms with van der Waals surface area (Å²) >= 11 is 0. The molecule has 47 heavy (non-hydrogen) atoms. The van der Waals surface area contributed by atoms with E-state index in [1.165, 1.54) is 4.31 Å². The molecule has 1 aliphatic carbocycles. The Morgan fingerprint density at radius 1 is 0.787 bits per heavy atom. The summed E-state index contributed by atoms with van der Waals surface area (Å²) in [4.78, 5) is 30.6. The number of rotatable bonds is 12. The summed E-state index contributed by atoms with van der Waals surface area (Å²) in [6, 6.07) is 28.8. The standard InChI is InChI=1S/C39H45N3O4S/c1-28-18-21-35(22-19-28)47(45,46)42(36-23-20-29(2)24-31(36)4)27-38(43)41(26-33-15-9-8-12-30(33)3)37(25-32-13-6-5-7-14-32)39(44)40-34-16-10-11-17-34/h5-9,12-15,18-24,34,37H,10-11,16-17,25-27H2,1-4H3,(H,40,44)/t37-/m1/s1. The predicted octanol–water partition coefficient (Wildman–Crippen LogP) is 6.81. The first-order valence-electron chi connectivity index (χ1n) is 16.4. The van der Waals surface area contributed by atoms with Gasteiger partial charge in [-0.15, -0.1) is 0 Å². The third-order valence-electron chi connectivity index (χ3n) is 9.08. The molecule has 0 saturated heterocycles. The third-order valence-corrected chi connectivity index (χ3v) is 10.9. The minimum absolute atomic E-state index is 0.0600. The number of benzene rings is 4. The van der Waals surface area contributed by atoms with E-state index < -0.39 is 28.5 Å². The molecule has 1 N–H and O–H groups in total. The molecule has 0 aromatic heterocycles. The van der Waals surface area contributed by atoms with Crippen molar-refractivity contribution >= 4 is 27.5 Å². The van der Waals surface area contributed by atoms with Gasteiger partial charge in [-0.05, 0) is 81.0 Å². The number of amides is 2. The van der Waals surface area contributed by atoms with Crippen LogP contribution < -0.4 is 9.62 Å². The average Bonchev–Trinajstić information content (AvgIpc) is 3.56. The molecule has 0 radical (unpaired) electrons. The molecule has 0 aliphatic heterocycles. The number of hydrogen-bond acceptors (Lipinski definition) is 4. The molecular weight excluding hydrogens is 607 g/mol. The lowest BCUT2D eigenvalue weighted by atomic mass is 10.0. The maximum absolute atomic E-state index is 14.8. The predicted molar refractivity (Wildman–Crippen MR) is 188 cm³/mol. The molecule has 8 heteroatoms. The SMILES string of the molecule is Cc1ccc(S(=O)(=O)N(CC(=O)N(Cc2ccccc2C)[C@H](Cc2ccccc2)C(=O)NC2CCCC2)c2ccc(C)cc2C)cc1. The second-order valence-electron chi connectivity index (χ2n) is 12.8. The third kappa shape index (κ3) is 8.30. The van der Waals surface area contributed by atoms with Crippen LogP contribution in [0.2, 0.25) is 0 Å². The smallest absolute Gasteiger partial charge is 0.264 e. The zero-order valence-corrected chi connectivity index (χ0v) is 28.6. The molecule has 7 nitrogen and oxygen atoms in total. The monoisotopic (exact) mass is 651 g/mol. The maximum atomic E-state index is 14.8. The van der Waals surface area contributed by atoms with Crippen LogP contribution in [0.1, 0.15) is 59.1 Å². The highest BCUT2D eigenvalue weighted by Gasteiger charge is 2.36. The molecular formula is C39H45N3O4S. The average molecular weight is 652 g/mol. The van der Waals surface area contributed by atoms with E-state index in [0.29, 0.717) is 12.1 Å². The lowest BCUT2D eigenvalue weighted by Crippen LogP contribution is -2.54. The molecule has 0 unspecified atom stereocenters. The van der Waals surface area contributed by atoms with Crippen LogP contribution in [0.3, 0.4) is 0 Å². The van der Waals surface area contributed by atoms with Crippen LogP contribution in [-0.4, -0.2) is 43.8 Å². The number of aryl methyl sites for hydroxylation is 4. The van der Waals surface area contributed by atoms with E-state index in [0.717, 1.165) is 59.1 Å². The van der Waals surface area contributed by atoms with Gasteiger partial charge in [0, 0.05) is 19.0 Å². The Morgan fingerprint density at radius 2 is 1.43 bits per heavy atom. The van der Waals surface area contributed by atoms with E-state index in [-0.39, 0.29) is 23.4 Å². The molecule has 0 heterocycles. The Hall–Kier alpha value is -4.43. The van der Waals surface area contributed by atoms with Crippen molar-refractivity contribution < 1.29 is 18.0 Å². The van der Waals surface area contributed by atoms with Gasteiger partial charge >= 0.3 is 0 Å². The van der Waals surface area contributed by atoms with Crippen molar-refractivity contribution in [2.24, 2.45) is 0 Å². The lowest BCUT2D eigenvalue weighted by molar-refractivity contribution is -0.140. The highest BCUT2D eigenvalue weighted by molar-refractivity contribution is 7.92. The number of nitrogens with zero attached hydrogens (tertiary/aromatic N) is 2. The Bertz CT molecular complexity index is 1800. The van der Waals surface area contributed by atoms with E-state index in [2.05, 4.69) is 5.32 Å². The van der Waals surface area contributed by atoms with Crippen molar-refractivity contribution in [2.45, 2.75) is 83.3 Å². The van der Waals surface area contributed by atoms with Gasteiger partial charge in [0.05, 0.1) is 10.6 Å². The first-order chi connectivity index (χ1) is 22.5. The number of carbonyl (C=O) groups is 2. The van der Waals surface area contributed by atoms with Crippen molar-refractivity contribution in [3.63, 3.8) is 0 Å². The van der Waals surface area contributed by atoms with Gasteiger partial charge in [0.2, 0.25) is 11.8 Å². The van der Waals surface area contributed by atoms with Crippen molar-refractivity contribution in [3.8, 4) is 0 Å². The summed E-state index contributed by atoms with van der Waals surface area (Å²) in [5.74, 6) is -0.673. The Labute approximate surface area is 279 Å². The molecule has 1 aliphatic rings. The normalized spacial score (nSPS) is 14.0. The fourth-order valence-corrected chi connectivity index (χ4v) is 7.81. The van der Waals surface area contributed by atoms with Crippen molar-refractivity contribution in [1.82, 2.24) is 10.2 Å². The molecule has 4 aromatic carbocycles. The molecule has 2 amide bonds. The second kappa shape index (κ2) is 15.0. The van der Waals surface area contributed by atoms with Gasteiger partial charge in [-0.2, -0.15) is 0 Å². The first kappa shape index (κ1) is 33.9. The summed E-state index contributed by atoms with van der Waals surface area (Å²) in [5, 5.41) is 3.23. The van der Waals surface area contributed by atoms with Crippen LogP contribution in [0.15, 0.2) is 102 Å². The van der Waals surface area contributed by atoms with E-state index >= 15 is 0 Å². The Morgan fingerprint density at radius 3 is 2.09 bits per heavy atom. The molecule has 246 valence electrons. The van der Waals surface area contributed by atoms with E-state index in [1.807, 2.05) is 94.4 Å². The number of sulfonamides is 1. The van der Waals surface area contributed by atoms with Gasteiger partial charge < -0.3 is 10.2 Å². The van der Waals surface area contributed by atoms with Crippen molar-refractivity contribution in [3.05, 3.63) is 130 Å². The Balaban J connectivity index is 1.59. The maximum Gasteiger partial charge on any atom is 0.264 e. The molecule has 1 saturated carbocycles. The molecule has 4 aromatic rings. The fraction of sp³-hybridized carbons (Fsp3) is 0.333. The van der Waals surface area contributed by atoms with Crippen LogP contribution in [0.5, 0.6) is 0 Å². The van der Waals surface area contributed by atoms with E-state index in [1.54, 1.807) is 35.2 Å². The van der Waals surface area contributed by atoms with Crippen molar-refractivity contribution in [2.75, 3.05) is 10.8 Å². The van der Waals surface area contributed by atoms with Crippen LogP contribution in [0, 0.1) is 27.7 Å². The summed E-state index contributed by atoms with van der Waals surface area (Å²) in [6.07, 6.45) is 4.23. The summed E-state index contributed by atoms with van der Waals surface area (Å²) in [7, 11) is -4.15. The second-order valence-corrected chi connectivity index (χ2v) is 14.6. The van der Waals surface area contributed by atoms with Crippen LogP contribution in [0.4, 0.5) is 5.69 Å². The number of anilines is 1. The van der Waals surface area contributed by atoms with E-state index in [9.17, 15) is 18.0 Å². The zero-order chi connectivity index (χ0) is 33.6. The highest BCUT2D eigenvalue weighted by Crippen LogP contribution is 2.29. The zero-order valence-electron chi connectivity index (χ0n) is 27.8. The van der Waals surface area contributed by atoms with Gasteiger partial charge in [0.25, 0.3) is 10.0 Å². The van der Waals surface area contributed by atoms with Crippen LogP contribution in [0.25, 0.3) is 0 Å². The van der Waals surface area contributed by atoms with Gasteiger partial charge in [0.15, 0.2) is 0 Å². The number of hydrogen-bond donors (Lipinski definition) is 1. The van der Waals surface area contributed by atoms with Crippen molar-refractivity contribution in [1.29, 1.82) is 0 Å². The van der Waals surface area contributed by atoms with E-state index in [4.69, 9.17) is 0 Å². The fourth-order valence-electron chi connectivity index (χ4n) is 6.33. The summed E-state index contributed by atoms with van der Waals surface area (Å²) < 4.78 is 29.9. The van der Waals surface area contributed by atoms with Gasteiger partial charge in [-0.1, -0.05) is 103 Å². The lowest BCUT2D eigenvalue weighted by Gasteiger charge is -2.35. The Kier molecular flexibility index (Phi) is 10.8.